The van der Waals surface area contributed by atoms with Gasteiger partial charge in [0.25, 0.3) is 0 Å². The minimum atomic E-state index is -0.552. The largest absolute Gasteiger partial charge is 0.462 e. The molecule has 5 nitrogen and oxygen atoms in total. The molecular weight excluding hydrogens is 306 g/mol. The predicted octanol–water partition coefficient (Wildman–Crippen LogP) is 3.71. The van der Waals surface area contributed by atoms with Crippen molar-refractivity contribution >= 4 is 11.9 Å². The number of esters is 2. The molecule has 0 N–H and O–H groups in total. The van der Waals surface area contributed by atoms with E-state index in [9.17, 15) is 9.59 Å². The molecule has 24 heavy (non-hydrogen) atoms. The molecule has 0 fully saturated rings. The van der Waals surface area contributed by atoms with Crippen molar-refractivity contribution in [3.8, 4) is 5.75 Å². The van der Waals surface area contributed by atoms with Gasteiger partial charge in [-0.1, -0.05) is 17.7 Å². The lowest BCUT2D eigenvalue weighted by Crippen LogP contribution is -2.15. The van der Waals surface area contributed by atoms with E-state index in [2.05, 4.69) is 4.98 Å². The molecular formula is C19H21NO4. The number of aryl methyl sites for hydroxylation is 4. The Morgan fingerprint density at radius 3 is 2.17 bits per heavy atom. The summed E-state index contributed by atoms with van der Waals surface area (Å²) in [4.78, 5) is 28.3. The lowest BCUT2D eigenvalue weighted by atomic mass is 10.1. The molecule has 0 aliphatic rings. The van der Waals surface area contributed by atoms with Gasteiger partial charge in [-0.25, -0.2) is 14.6 Å². The summed E-state index contributed by atoms with van der Waals surface area (Å²) in [5.74, 6) is -0.462. The number of carbonyl (C=O) groups excluding carboxylic acids is 2. The number of pyridine rings is 1. The maximum Gasteiger partial charge on any atom is 0.362 e. The molecule has 0 aliphatic heterocycles. The molecule has 1 heterocycles. The zero-order valence-electron chi connectivity index (χ0n) is 14.6. The Labute approximate surface area is 141 Å². The summed E-state index contributed by atoms with van der Waals surface area (Å²) >= 11 is 0. The van der Waals surface area contributed by atoms with E-state index in [0.717, 1.165) is 16.7 Å². The normalized spacial score (nSPS) is 10.4. The summed E-state index contributed by atoms with van der Waals surface area (Å²) in [5.41, 5.74) is 3.82. The zero-order valence-corrected chi connectivity index (χ0v) is 14.6. The minimum Gasteiger partial charge on any atom is -0.462 e. The van der Waals surface area contributed by atoms with Crippen LogP contribution in [0.5, 0.6) is 5.75 Å². The molecule has 1 aromatic carbocycles. The van der Waals surface area contributed by atoms with E-state index in [0.29, 0.717) is 17.0 Å². The SMILES string of the molecule is CCOC(=O)c1ccc(C(=O)Oc2c(C)cc(C)cc2C)nc1C. The third kappa shape index (κ3) is 3.79. The van der Waals surface area contributed by atoms with E-state index in [1.807, 2.05) is 32.9 Å². The van der Waals surface area contributed by atoms with E-state index >= 15 is 0 Å². The van der Waals surface area contributed by atoms with Crippen LogP contribution >= 0.6 is 0 Å². The van der Waals surface area contributed by atoms with Crippen molar-refractivity contribution in [3.63, 3.8) is 0 Å². The molecule has 5 heteroatoms. The fraction of sp³-hybridized carbons (Fsp3) is 0.316. The third-order valence-corrected chi connectivity index (χ3v) is 3.59. The number of nitrogens with zero attached hydrogens (tertiary/aromatic N) is 1. The van der Waals surface area contributed by atoms with E-state index in [1.54, 1.807) is 13.8 Å². The van der Waals surface area contributed by atoms with Crippen molar-refractivity contribution < 1.29 is 19.1 Å². The van der Waals surface area contributed by atoms with Crippen LogP contribution in [-0.4, -0.2) is 23.5 Å². The quantitative estimate of drug-likeness (QED) is 0.632. The van der Waals surface area contributed by atoms with Gasteiger partial charge in [0, 0.05) is 0 Å². The van der Waals surface area contributed by atoms with Gasteiger partial charge < -0.3 is 9.47 Å². The molecule has 0 saturated carbocycles. The van der Waals surface area contributed by atoms with E-state index in [4.69, 9.17) is 9.47 Å². The number of benzene rings is 1. The first-order valence-electron chi connectivity index (χ1n) is 7.78. The average molecular weight is 327 g/mol. The summed E-state index contributed by atoms with van der Waals surface area (Å²) < 4.78 is 10.5. The summed E-state index contributed by atoms with van der Waals surface area (Å²) in [5, 5.41) is 0. The van der Waals surface area contributed by atoms with Crippen molar-refractivity contribution in [2.75, 3.05) is 6.61 Å². The van der Waals surface area contributed by atoms with Gasteiger partial charge in [0.1, 0.15) is 11.4 Å². The number of rotatable bonds is 4. The number of hydrogen-bond donors (Lipinski definition) is 0. The van der Waals surface area contributed by atoms with E-state index in [1.165, 1.54) is 12.1 Å². The van der Waals surface area contributed by atoms with Gasteiger partial charge in [-0.3, -0.25) is 0 Å². The number of carbonyl (C=O) groups is 2. The average Bonchev–Trinajstić information content (AvgIpc) is 2.50. The molecule has 0 amide bonds. The molecule has 0 atom stereocenters. The number of ether oxygens (including phenoxy) is 2. The van der Waals surface area contributed by atoms with Crippen molar-refractivity contribution in [2.45, 2.75) is 34.6 Å². The van der Waals surface area contributed by atoms with Crippen LogP contribution < -0.4 is 4.74 Å². The van der Waals surface area contributed by atoms with Crippen molar-refractivity contribution in [1.82, 2.24) is 4.98 Å². The van der Waals surface area contributed by atoms with Gasteiger partial charge in [0.05, 0.1) is 17.9 Å². The third-order valence-electron chi connectivity index (χ3n) is 3.59. The lowest BCUT2D eigenvalue weighted by molar-refractivity contribution is 0.0523. The molecule has 0 radical (unpaired) electrons. The minimum absolute atomic E-state index is 0.153. The topological polar surface area (TPSA) is 65.5 Å². The molecule has 0 spiro atoms. The highest BCUT2D eigenvalue weighted by atomic mass is 16.5. The second-order valence-electron chi connectivity index (χ2n) is 5.67. The Morgan fingerprint density at radius 2 is 1.62 bits per heavy atom. The Kier molecular flexibility index (Phi) is 5.34. The Bertz CT molecular complexity index is 773. The lowest BCUT2D eigenvalue weighted by Gasteiger charge is -2.12. The van der Waals surface area contributed by atoms with Gasteiger partial charge in [0.15, 0.2) is 0 Å². The van der Waals surface area contributed by atoms with Gasteiger partial charge in [-0.15, -0.1) is 0 Å². The number of aromatic nitrogens is 1. The van der Waals surface area contributed by atoms with Crippen LogP contribution in [0.15, 0.2) is 24.3 Å². The summed E-state index contributed by atoms with van der Waals surface area (Å²) in [7, 11) is 0. The second kappa shape index (κ2) is 7.25. The van der Waals surface area contributed by atoms with E-state index in [-0.39, 0.29) is 12.3 Å². The van der Waals surface area contributed by atoms with Crippen LogP contribution in [0.3, 0.4) is 0 Å². The van der Waals surface area contributed by atoms with Crippen LogP contribution in [-0.2, 0) is 4.74 Å². The van der Waals surface area contributed by atoms with Crippen molar-refractivity contribution in [2.24, 2.45) is 0 Å². The number of hydrogen-bond acceptors (Lipinski definition) is 5. The maximum atomic E-state index is 12.4. The molecule has 0 bridgehead atoms. The highest BCUT2D eigenvalue weighted by Gasteiger charge is 2.17. The highest BCUT2D eigenvalue weighted by molar-refractivity contribution is 5.93. The van der Waals surface area contributed by atoms with Crippen LogP contribution in [0.25, 0.3) is 0 Å². The first-order chi connectivity index (χ1) is 11.3. The highest BCUT2D eigenvalue weighted by Crippen LogP contribution is 2.25. The van der Waals surface area contributed by atoms with Gasteiger partial charge in [-0.05, 0) is 57.9 Å². The molecule has 0 saturated heterocycles. The second-order valence-corrected chi connectivity index (χ2v) is 5.67. The molecule has 0 unspecified atom stereocenters. The standard InChI is InChI=1S/C19H21NO4/c1-6-23-18(21)15-7-8-16(20-14(15)5)19(22)24-17-12(3)9-11(2)10-13(17)4/h7-10H,6H2,1-5H3. The smallest absolute Gasteiger partial charge is 0.362 e. The Hall–Kier alpha value is -2.69. The molecule has 2 aromatic rings. The first-order valence-corrected chi connectivity index (χ1v) is 7.78. The van der Waals surface area contributed by atoms with E-state index < -0.39 is 11.9 Å². The van der Waals surface area contributed by atoms with Crippen LogP contribution in [0.4, 0.5) is 0 Å². The van der Waals surface area contributed by atoms with Gasteiger partial charge in [0.2, 0.25) is 0 Å². The van der Waals surface area contributed by atoms with Crippen LogP contribution in [0.2, 0.25) is 0 Å². The van der Waals surface area contributed by atoms with Crippen molar-refractivity contribution in [1.29, 1.82) is 0 Å². The van der Waals surface area contributed by atoms with Crippen LogP contribution in [0.1, 0.15) is 50.2 Å². The van der Waals surface area contributed by atoms with Gasteiger partial charge >= 0.3 is 11.9 Å². The fourth-order valence-corrected chi connectivity index (χ4v) is 2.57. The first kappa shape index (κ1) is 17.7. The van der Waals surface area contributed by atoms with Gasteiger partial charge in [-0.2, -0.15) is 0 Å². The Balaban J connectivity index is 2.25. The van der Waals surface area contributed by atoms with Crippen molar-refractivity contribution in [3.05, 3.63) is 57.9 Å². The predicted molar refractivity (Wildman–Crippen MR) is 90.5 cm³/mol. The molecule has 0 aliphatic carbocycles. The zero-order chi connectivity index (χ0) is 17.9. The molecule has 1 aromatic heterocycles. The summed E-state index contributed by atoms with van der Waals surface area (Å²) in [6.45, 7) is 9.46. The molecule has 126 valence electrons. The maximum absolute atomic E-state index is 12.4. The van der Waals surface area contributed by atoms with Crippen LogP contribution in [0, 0.1) is 27.7 Å². The summed E-state index contributed by atoms with van der Waals surface area (Å²) in [6.07, 6.45) is 0. The fourth-order valence-electron chi connectivity index (χ4n) is 2.57. The summed E-state index contributed by atoms with van der Waals surface area (Å²) in [6, 6.07) is 6.92. The molecule has 2 rings (SSSR count). The monoisotopic (exact) mass is 327 g/mol. The Morgan fingerprint density at radius 1 is 1.00 bits per heavy atom.